The molecule has 0 aromatic heterocycles. The quantitative estimate of drug-likeness (QED) is 0.539. The van der Waals surface area contributed by atoms with Crippen molar-refractivity contribution in [2.45, 2.75) is 84.7 Å². The Morgan fingerprint density at radius 1 is 0.926 bits per heavy atom. The molecule has 0 N–H and O–H groups in total. The molecule has 0 bridgehead atoms. The van der Waals surface area contributed by atoms with E-state index in [0.717, 1.165) is 0 Å². The second-order valence-electron chi connectivity index (χ2n) is 10.7. The molecule has 1 nitrogen and oxygen atoms in total. The van der Waals surface area contributed by atoms with E-state index in [1.54, 1.807) is 0 Å². The van der Waals surface area contributed by atoms with E-state index < -0.39 is 16.1 Å². The number of hydrogen-bond donors (Lipinski definition) is 0. The van der Waals surface area contributed by atoms with Crippen LogP contribution >= 0.6 is 0 Å². The summed E-state index contributed by atoms with van der Waals surface area (Å²) in [5.41, 5.74) is 4.32. The minimum atomic E-state index is -1.89. The van der Waals surface area contributed by atoms with Gasteiger partial charge in [0.2, 0.25) is 0 Å². The maximum Gasteiger partial charge on any atom is 0.117 e. The predicted molar refractivity (Wildman–Crippen MR) is 128 cm³/mol. The van der Waals surface area contributed by atoms with Gasteiger partial charge in [0.05, 0.1) is 23.3 Å². The number of ether oxygens (including phenoxy) is 1. The van der Waals surface area contributed by atoms with Gasteiger partial charge in [-0.2, -0.15) is 0 Å². The molecule has 0 fully saturated rings. The van der Waals surface area contributed by atoms with Crippen molar-refractivity contribution in [2.75, 3.05) is 7.11 Å². The number of methoxy groups -OCH3 is 1. The Labute approximate surface area is 169 Å². The molecule has 1 aromatic carbocycles. The minimum absolute atomic E-state index is 0.128. The van der Waals surface area contributed by atoms with Gasteiger partial charge in [0, 0.05) is 5.04 Å². The number of aryl methyl sites for hydroxylation is 1. The maximum absolute atomic E-state index is 6.20. The van der Waals surface area contributed by atoms with Crippen molar-refractivity contribution in [2.24, 2.45) is 0 Å². The lowest BCUT2D eigenvalue weighted by Gasteiger charge is -2.44. The Morgan fingerprint density at radius 2 is 1.44 bits per heavy atom. The van der Waals surface area contributed by atoms with Crippen molar-refractivity contribution < 1.29 is 4.74 Å². The Balaban J connectivity index is 2.82. The van der Waals surface area contributed by atoms with Crippen molar-refractivity contribution in [3.05, 3.63) is 41.0 Å². The van der Waals surface area contributed by atoms with Crippen molar-refractivity contribution >= 4 is 26.5 Å². The normalized spacial score (nSPS) is 21.2. The lowest BCUT2D eigenvalue weighted by atomic mass is 10.0. The standard InChI is InChI=1S/C24H40OSi2/c1-17-15-20(26(9,10)23(4,5)6)22(25-8)21(16-17)27(11,12)24(7)14-13-18(2)19(24)3/h13-16H,1-12H3. The maximum atomic E-state index is 6.20. The highest BCUT2D eigenvalue weighted by molar-refractivity contribution is 6.96. The second-order valence-corrected chi connectivity index (χ2v) is 20.9. The van der Waals surface area contributed by atoms with Gasteiger partial charge in [-0.25, -0.2) is 0 Å². The van der Waals surface area contributed by atoms with E-state index in [0.29, 0.717) is 0 Å². The molecule has 0 amide bonds. The lowest BCUT2D eigenvalue weighted by Crippen LogP contribution is -2.56. The average Bonchev–Trinajstić information content (AvgIpc) is 2.82. The van der Waals surface area contributed by atoms with Crippen molar-refractivity contribution in [3.63, 3.8) is 0 Å². The zero-order valence-electron chi connectivity index (χ0n) is 19.7. The van der Waals surface area contributed by atoms with Gasteiger partial charge in [-0.15, -0.1) is 0 Å². The largest absolute Gasteiger partial charge is 0.497 e. The first kappa shape index (κ1) is 22.2. The Kier molecular flexibility index (Phi) is 5.57. The fraction of sp³-hybridized carbons (Fsp3) is 0.583. The van der Waals surface area contributed by atoms with Gasteiger partial charge in [0.25, 0.3) is 0 Å². The fourth-order valence-electron chi connectivity index (χ4n) is 4.23. The molecule has 3 heteroatoms. The zero-order chi connectivity index (χ0) is 21.0. The first-order chi connectivity index (χ1) is 12.1. The molecular formula is C24H40OSi2. The topological polar surface area (TPSA) is 9.23 Å². The van der Waals surface area contributed by atoms with Crippen LogP contribution in [0.5, 0.6) is 5.75 Å². The van der Waals surface area contributed by atoms with E-state index in [1.807, 2.05) is 7.11 Å². The summed E-state index contributed by atoms with van der Waals surface area (Å²) in [5.74, 6) is 1.18. The van der Waals surface area contributed by atoms with Gasteiger partial charge in [-0.1, -0.05) is 94.9 Å². The van der Waals surface area contributed by atoms with Crippen LogP contribution in [0.2, 0.25) is 36.3 Å². The molecule has 0 spiro atoms. The Hall–Kier alpha value is -1.07. The fourth-order valence-corrected chi connectivity index (χ4v) is 10.1. The van der Waals surface area contributed by atoms with Gasteiger partial charge in [-0.05, 0) is 36.2 Å². The third-order valence-electron chi connectivity index (χ3n) is 7.99. The van der Waals surface area contributed by atoms with E-state index in [1.165, 1.54) is 32.8 Å². The number of allylic oxidation sites excluding steroid dienone is 4. The highest BCUT2D eigenvalue weighted by Crippen LogP contribution is 2.51. The van der Waals surface area contributed by atoms with Crippen molar-refractivity contribution in [3.8, 4) is 5.75 Å². The summed E-state index contributed by atoms with van der Waals surface area (Å²) in [7, 11) is -1.73. The van der Waals surface area contributed by atoms with Crippen LogP contribution < -0.4 is 15.1 Å². The third-order valence-corrected chi connectivity index (χ3v) is 18.3. The Morgan fingerprint density at radius 3 is 1.85 bits per heavy atom. The van der Waals surface area contributed by atoms with Crippen LogP contribution in [-0.4, -0.2) is 23.3 Å². The molecule has 0 saturated heterocycles. The summed E-state index contributed by atoms with van der Waals surface area (Å²) >= 11 is 0. The van der Waals surface area contributed by atoms with Crippen LogP contribution in [0.4, 0.5) is 0 Å². The summed E-state index contributed by atoms with van der Waals surface area (Å²) in [6.45, 7) is 26.5. The predicted octanol–water partition coefficient (Wildman–Crippen LogP) is 6.30. The summed E-state index contributed by atoms with van der Waals surface area (Å²) in [5, 5.41) is 3.37. The minimum Gasteiger partial charge on any atom is -0.497 e. The molecular weight excluding hydrogens is 360 g/mol. The molecule has 0 aliphatic heterocycles. The summed E-state index contributed by atoms with van der Waals surface area (Å²) in [6.07, 6.45) is 4.78. The van der Waals surface area contributed by atoms with Crippen LogP contribution in [0, 0.1) is 6.92 Å². The molecule has 1 aliphatic carbocycles. The van der Waals surface area contributed by atoms with Crippen LogP contribution in [0.15, 0.2) is 35.4 Å². The monoisotopic (exact) mass is 400 g/mol. The lowest BCUT2D eigenvalue weighted by molar-refractivity contribution is 0.420. The number of benzene rings is 1. The van der Waals surface area contributed by atoms with Gasteiger partial charge < -0.3 is 4.74 Å². The third kappa shape index (κ3) is 3.31. The molecule has 0 radical (unpaired) electrons. The SMILES string of the molecule is COc1c([Si](C)(C)C(C)(C)C)cc(C)cc1[Si](C)(C)C1(C)C=CC(C)=C1C. The first-order valence-electron chi connectivity index (χ1n) is 10.2. The number of rotatable bonds is 4. The van der Waals surface area contributed by atoms with Gasteiger partial charge in [0.1, 0.15) is 5.75 Å². The van der Waals surface area contributed by atoms with E-state index in [9.17, 15) is 0 Å². The summed E-state index contributed by atoms with van der Waals surface area (Å²) in [6, 6.07) is 4.83. The summed E-state index contributed by atoms with van der Waals surface area (Å²) in [4.78, 5) is 0. The molecule has 27 heavy (non-hydrogen) atoms. The molecule has 0 saturated carbocycles. The van der Waals surface area contributed by atoms with Crippen molar-refractivity contribution in [1.29, 1.82) is 0 Å². The molecule has 1 aliphatic rings. The van der Waals surface area contributed by atoms with Gasteiger partial charge >= 0.3 is 0 Å². The van der Waals surface area contributed by atoms with E-state index in [4.69, 9.17) is 4.74 Å². The van der Waals surface area contributed by atoms with Gasteiger partial charge in [0.15, 0.2) is 0 Å². The van der Waals surface area contributed by atoms with Crippen LogP contribution in [0.1, 0.15) is 47.1 Å². The molecule has 1 aromatic rings. The molecule has 0 heterocycles. The smallest absolute Gasteiger partial charge is 0.117 e. The molecule has 1 unspecified atom stereocenters. The Bertz CT molecular complexity index is 806. The highest BCUT2D eigenvalue weighted by atomic mass is 28.3. The van der Waals surface area contributed by atoms with Crippen LogP contribution in [0.25, 0.3) is 0 Å². The highest BCUT2D eigenvalue weighted by Gasteiger charge is 2.49. The van der Waals surface area contributed by atoms with Gasteiger partial charge in [-0.3, -0.25) is 0 Å². The first-order valence-corrected chi connectivity index (χ1v) is 16.2. The molecule has 1 atom stereocenters. The van der Waals surface area contributed by atoms with E-state index in [-0.39, 0.29) is 10.1 Å². The summed E-state index contributed by atoms with van der Waals surface area (Å²) < 4.78 is 6.20. The van der Waals surface area contributed by atoms with Crippen molar-refractivity contribution in [1.82, 2.24) is 0 Å². The average molecular weight is 401 g/mol. The van der Waals surface area contributed by atoms with E-state index in [2.05, 4.69) is 98.9 Å². The second kappa shape index (κ2) is 6.77. The van der Waals surface area contributed by atoms with Crippen LogP contribution in [-0.2, 0) is 0 Å². The van der Waals surface area contributed by atoms with Crippen LogP contribution in [0.3, 0.4) is 0 Å². The van der Waals surface area contributed by atoms with E-state index >= 15 is 0 Å². The molecule has 150 valence electrons. The number of hydrogen-bond acceptors (Lipinski definition) is 1. The zero-order valence-corrected chi connectivity index (χ0v) is 21.7. The molecule has 2 rings (SSSR count).